The Balaban J connectivity index is 2.92. The lowest BCUT2D eigenvalue weighted by molar-refractivity contribution is -0.139. The first-order chi connectivity index (χ1) is 8.99. The number of ether oxygens (including phenoxy) is 1. The molecule has 6 nitrogen and oxygen atoms in total. The van der Waals surface area contributed by atoms with E-state index in [-0.39, 0.29) is 11.4 Å². The van der Waals surface area contributed by atoms with Crippen LogP contribution in [0.15, 0.2) is 29.2 Å². The van der Waals surface area contributed by atoms with Crippen LogP contribution in [-0.4, -0.2) is 34.6 Å². The molecule has 0 fully saturated rings. The Hall–Kier alpha value is -1.88. The summed E-state index contributed by atoms with van der Waals surface area (Å²) >= 11 is 0. The maximum absolute atomic E-state index is 11.9. The molecular weight excluding hydrogens is 268 g/mol. The van der Waals surface area contributed by atoms with Crippen LogP contribution in [0.1, 0.15) is 5.56 Å². The third kappa shape index (κ3) is 4.71. The topological polar surface area (TPSA) is 98.5 Å². The summed E-state index contributed by atoms with van der Waals surface area (Å²) in [6, 6.07) is 6.05. The lowest BCUT2D eigenvalue weighted by Crippen LogP contribution is -2.30. The molecule has 0 saturated heterocycles. The number of nitrogens with one attached hydrogen (secondary N) is 1. The minimum Gasteiger partial charge on any atom is -0.468 e. The summed E-state index contributed by atoms with van der Waals surface area (Å²) < 4.78 is 30.3. The second kappa shape index (κ2) is 6.89. The molecule has 0 aliphatic carbocycles. The van der Waals surface area contributed by atoms with Crippen LogP contribution < -0.4 is 10.5 Å². The largest absolute Gasteiger partial charge is 0.468 e. The molecule has 7 heteroatoms. The lowest BCUT2D eigenvalue weighted by Gasteiger charge is -2.05. The van der Waals surface area contributed by atoms with E-state index in [1.165, 1.54) is 19.2 Å². The van der Waals surface area contributed by atoms with Crippen molar-refractivity contribution in [2.24, 2.45) is 5.73 Å². The molecule has 102 valence electrons. The van der Waals surface area contributed by atoms with Crippen LogP contribution in [0.25, 0.3) is 0 Å². The van der Waals surface area contributed by atoms with Crippen molar-refractivity contribution >= 4 is 16.0 Å². The quantitative estimate of drug-likeness (QED) is 0.570. The van der Waals surface area contributed by atoms with Gasteiger partial charge in [0.1, 0.15) is 6.54 Å². The Morgan fingerprint density at radius 1 is 1.47 bits per heavy atom. The Kier molecular flexibility index (Phi) is 5.51. The van der Waals surface area contributed by atoms with Gasteiger partial charge in [0.15, 0.2) is 0 Å². The first-order valence-corrected chi connectivity index (χ1v) is 6.83. The molecule has 3 N–H and O–H groups in total. The summed E-state index contributed by atoms with van der Waals surface area (Å²) in [5, 5.41) is 0. The van der Waals surface area contributed by atoms with Crippen LogP contribution in [-0.2, 0) is 19.6 Å². The van der Waals surface area contributed by atoms with E-state index in [1.54, 1.807) is 12.1 Å². The van der Waals surface area contributed by atoms with Gasteiger partial charge in [-0.3, -0.25) is 4.79 Å². The number of carbonyl (C=O) groups excluding carboxylic acids is 1. The number of sulfonamides is 1. The van der Waals surface area contributed by atoms with Gasteiger partial charge in [-0.2, -0.15) is 4.72 Å². The van der Waals surface area contributed by atoms with Crippen molar-refractivity contribution in [2.45, 2.75) is 4.90 Å². The van der Waals surface area contributed by atoms with Crippen molar-refractivity contribution in [3.05, 3.63) is 29.8 Å². The van der Waals surface area contributed by atoms with Gasteiger partial charge < -0.3 is 10.5 Å². The number of nitrogens with two attached hydrogens (primary N) is 1. The van der Waals surface area contributed by atoms with Crippen molar-refractivity contribution in [1.82, 2.24) is 4.72 Å². The van der Waals surface area contributed by atoms with Crippen LogP contribution >= 0.6 is 0 Å². The average molecular weight is 282 g/mol. The van der Waals surface area contributed by atoms with Crippen LogP contribution in [0.3, 0.4) is 0 Å². The number of carbonyl (C=O) groups is 1. The average Bonchev–Trinajstić information content (AvgIpc) is 2.43. The van der Waals surface area contributed by atoms with E-state index in [4.69, 9.17) is 5.73 Å². The van der Waals surface area contributed by atoms with Crippen molar-refractivity contribution in [3.8, 4) is 11.8 Å². The second-order valence-corrected chi connectivity index (χ2v) is 5.20. The Labute approximate surface area is 112 Å². The highest BCUT2D eigenvalue weighted by Crippen LogP contribution is 2.10. The summed E-state index contributed by atoms with van der Waals surface area (Å²) in [4.78, 5) is 10.9. The third-order valence-corrected chi connectivity index (χ3v) is 3.51. The zero-order valence-electron chi connectivity index (χ0n) is 10.3. The van der Waals surface area contributed by atoms with Crippen LogP contribution in [0, 0.1) is 11.8 Å². The van der Waals surface area contributed by atoms with E-state index in [0.717, 1.165) is 0 Å². The van der Waals surface area contributed by atoms with Gasteiger partial charge in [-0.25, -0.2) is 8.42 Å². The van der Waals surface area contributed by atoms with Crippen molar-refractivity contribution in [1.29, 1.82) is 0 Å². The molecule has 0 aliphatic rings. The van der Waals surface area contributed by atoms with Crippen LogP contribution in [0.5, 0.6) is 0 Å². The van der Waals surface area contributed by atoms with E-state index < -0.39 is 22.5 Å². The first kappa shape index (κ1) is 15.2. The highest BCUT2D eigenvalue weighted by atomic mass is 32.2. The zero-order chi connectivity index (χ0) is 14.3. The smallest absolute Gasteiger partial charge is 0.320 e. The summed E-state index contributed by atoms with van der Waals surface area (Å²) in [6.07, 6.45) is 0. The normalized spacial score (nSPS) is 10.4. The summed E-state index contributed by atoms with van der Waals surface area (Å²) in [7, 11) is -2.58. The predicted octanol–water partition coefficient (Wildman–Crippen LogP) is -0.552. The highest BCUT2D eigenvalue weighted by molar-refractivity contribution is 7.89. The minimum absolute atomic E-state index is 0.0280. The molecule has 0 amide bonds. The van der Waals surface area contributed by atoms with Crippen LogP contribution in [0.4, 0.5) is 0 Å². The number of rotatable bonds is 4. The van der Waals surface area contributed by atoms with E-state index in [0.29, 0.717) is 5.56 Å². The van der Waals surface area contributed by atoms with Gasteiger partial charge in [-0.1, -0.05) is 17.9 Å². The standard InChI is InChI=1S/C12H14N2O4S/c1-18-12(15)9-14-19(16,17)11-6-2-4-10(8-11)5-3-7-13/h2,4,6,8,14H,7,9,13H2,1H3. The summed E-state index contributed by atoms with van der Waals surface area (Å²) in [6.45, 7) is -0.227. The number of hydrogen-bond acceptors (Lipinski definition) is 5. The van der Waals surface area contributed by atoms with Crippen molar-refractivity contribution < 1.29 is 17.9 Å². The van der Waals surface area contributed by atoms with E-state index >= 15 is 0 Å². The number of methoxy groups -OCH3 is 1. The Bertz CT molecular complexity index is 614. The molecule has 0 aromatic heterocycles. The fourth-order valence-corrected chi connectivity index (χ4v) is 2.22. The molecule has 0 atom stereocenters. The predicted molar refractivity (Wildman–Crippen MR) is 69.6 cm³/mol. The molecule has 0 aliphatic heterocycles. The van der Waals surface area contributed by atoms with Gasteiger partial charge in [0.2, 0.25) is 10.0 Å². The highest BCUT2D eigenvalue weighted by Gasteiger charge is 2.15. The molecule has 1 rings (SSSR count). The Morgan fingerprint density at radius 3 is 2.84 bits per heavy atom. The summed E-state index contributed by atoms with van der Waals surface area (Å²) in [5.41, 5.74) is 5.77. The van der Waals surface area contributed by atoms with Gasteiger partial charge in [0.25, 0.3) is 0 Å². The SMILES string of the molecule is COC(=O)CNS(=O)(=O)c1cccc(C#CCN)c1. The monoisotopic (exact) mass is 282 g/mol. The molecular formula is C12H14N2O4S. The molecule has 1 aromatic carbocycles. The molecule has 0 spiro atoms. The second-order valence-electron chi connectivity index (χ2n) is 3.43. The van der Waals surface area contributed by atoms with Gasteiger partial charge >= 0.3 is 5.97 Å². The van der Waals surface area contributed by atoms with E-state index in [9.17, 15) is 13.2 Å². The summed E-state index contributed by atoms with van der Waals surface area (Å²) in [5.74, 6) is 4.70. The van der Waals surface area contributed by atoms with Crippen LogP contribution in [0.2, 0.25) is 0 Å². The molecule has 0 unspecified atom stereocenters. The molecule has 19 heavy (non-hydrogen) atoms. The first-order valence-electron chi connectivity index (χ1n) is 5.35. The molecule has 0 radical (unpaired) electrons. The molecule has 0 heterocycles. The number of benzene rings is 1. The fourth-order valence-electron chi connectivity index (χ4n) is 1.20. The lowest BCUT2D eigenvalue weighted by atomic mass is 10.2. The van der Waals surface area contributed by atoms with Gasteiger partial charge in [-0.05, 0) is 18.2 Å². The third-order valence-electron chi connectivity index (χ3n) is 2.11. The van der Waals surface area contributed by atoms with Gasteiger partial charge in [0, 0.05) is 5.56 Å². The van der Waals surface area contributed by atoms with E-state index in [2.05, 4.69) is 21.3 Å². The maximum atomic E-state index is 11.9. The van der Waals surface area contributed by atoms with Crippen molar-refractivity contribution in [3.63, 3.8) is 0 Å². The molecule has 1 aromatic rings. The van der Waals surface area contributed by atoms with E-state index in [1.807, 2.05) is 0 Å². The molecule has 0 bridgehead atoms. The minimum atomic E-state index is -3.76. The fraction of sp³-hybridized carbons (Fsp3) is 0.250. The Morgan fingerprint density at radius 2 is 2.21 bits per heavy atom. The van der Waals surface area contributed by atoms with Gasteiger partial charge in [-0.15, -0.1) is 0 Å². The van der Waals surface area contributed by atoms with Gasteiger partial charge in [0.05, 0.1) is 18.6 Å². The number of hydrogen-bond donors (Lipinski definition) is 2. The molecule has 0 saturated carbocycles. The maximum Gasteiger partial charge on any atom is 0.320 e. The number of esters is 1. The van der Waals surface area contributed by atoms with Crippen molar-refractivity contribution in [2.75, 3.05) is 20.2 Å². The zero-order valence-corrected chi connectivity index (χ0v) is 11.2.